The van der Waals surface area contributed by atoms with Crippen molar-refractivity contribution in [1.29, 1.82) is 0 Å². The summed E-state index contributed by atoms with van der Waals surface area (Å²) in [5.41, 5.74) is 0.714. The number of hydrogen-bond donors (Lipinski definition) is 3. The van der Waals surface area contributed by atoms with Gasteiger partial charge < -0.3 is 20.0 Å². The SMILES string of the molecule is CN(Cc1cc(C#CCCO)cs1)C(=O)c1c[nH]c(=O)[nH]1. The molecule has 3 N–H and O–H groups in total. The van der Waals surface area contributed by atoms with Crippen molar-refractivity contribution in [1.82, 2.24) is 14.9 Å². The highest BCUT2D eigenvalue weighted by molar-refractivity contribution is 7.10. The number of thiophene rings is 1. The number of aromatic nitrogens is 2. The number of imidazole rings is 1. The van der Waals surface area contributed by atoms with Gasteiger partial charge in [0.2, 0.25) is 0 Å². The number of carbonyl (C=O) groups excluding carboxylic acids is 1. The molecule has 7 heteroatoms. The van der Waals surface area contributed by atoms with Crippen molar-refractivity contribution in [3.8, 4) is 11.8 Å². The lowest BCUT2D eigenvalue weighted by molar-refractivity contribution is 0.0781. The largest absolute Gasteiger partial charge is 0.395 e. The molecule has 0 fully saturated rings. The number of nitrogens with zero attached hydrogens (tertiary/aromatic N) is 1. The van der Waals surface area contributed by atoms with Crippen LogP contribution in [0.3, 0.4) is 0 Å². The molecule has 0 unspecified atom stereocenters. The summed E-state index contributed by atoms with van der Waals surface area (Å²) in [6, 6.07) is 1.92. The van der Waals surface area contributed by atoms with Crippen LogP contribution in [0.2, 0.25) is 0 Å². The summed E-state index contributed by atoms with van der Waals surface area (Å²) in [5, 5.41) is 10.6. The van der Waals surface area contributed by atoms with E-state index in [2.05, 4.69) is 21.8 Å². The van der Waals surface area contributed by atoms with Crippen molar-refractivity contribution in [2.45, 2.75) is 13.0 Å². The third kappa shape index (κ3) is 4.08. The first-order valence-electron chi connectivity index (χ1n) is 6.30. The van der Waals surface area contributed by atoms with Crippen molar-refractivity contribution in [2.24, 2.45) is 0 Å². The molecule has 0 aliphatic carbocycles. The van der Waals surface area contributed by atoms with Gasteiger partial charge in [0.25, 0.3) is 5.91 Å². The van der Waals surface area contributed by atoms with Crippen LogP contribution in [-0.2, 0) is 6.54 Å². The van der Waals surface area contributed by atoms with Gasteiger partial charge >= 0.3 is 5.69 Å². The van der Waals surface area contributed by atoms with E-state index in [9.17, 15) is 9.59 Å². The maximum atomic E-state index is 12.1. The molecule has 0 radical (unpaired) electrons. The zero-order valence-electron chi connectivity index (χ0n) is 11.5. The van der Waals surface area contributed by atoms with Crippen LogP contribution in [-0.4, -0.2) is 39.5 Å². The second kappa shape index (κ2) is 6.92. The molecule has 2 heterocycles. The van der Waals surface area contributed by atoms with E-state index in [1.54, 1.807) is 7.05 Å². The lowest BCUT2D eigenvalue weighted by atomic mass is 10.3. The fourth-order valence-electron chi connectivity index (χ4n) is 1.71. The van der Waals surface area contributed by atoms with Gasteiger partial charge in [-0.15, -0.1) is 11.3 Å². The normalized spacial score (nSPS) is 10.0. The van der Waals surface area contributed by atoms with Crippen molar-refractivity contribution in [2.75, 3.05) is 13.7 Å². The van der Waals surface area contributed by atoms with Gasteiger partial charge in [-0.2, -0.15) is 0 Å². The Morgan fingerprint density at radius 1 is 1.52 bits per heavy atom. The lowest BCUT2D eigenvalue weighted by Crippen LogP contribution is -2.26. The van der Waals surface area contributed by atoms with Crippen LogP contribution < -0.4 is 5.69 Å². The van der Waals surface area contributed by atoms with E-state index < -0.39 is 5.69 Å². The number of hydrogen-bond acceptors (Lipinski definition) is 4. The zero-order valence-corrected chi connectivity index (χ0v) is 12.3. The Labute approximate surface area is 125 Å². The van der Waals surface area contributed by atoms with E-state index in [4.69, 9.17) is 5.11 Å². The second-order valence-electron chi connectivity index (χ2n) is 4.39. The maximum Gasteiger partial charge on any atom is 0.323 e. The topological polar surface area (TPSA) is 89.2 Å². The van der Waals surface area contributed by atoms with Crippen LogP contribution in [0.15, 0.2) is 22.4 Å². The summed E-state index contributed by atoms with van der Waals surface area (Å²) in [4.78, 5) is 30.4. The number of rotatable bonds is 4. The highest BCUT2D eigenvalue weighted by Gasteiger charge is 2.14. The predicted octanol–water partition coefficient (Wildman–Crippen LogP) is 0.771. The minimum atomic E-state index is -0.399. The molecule has 0 atom stereocenters. The zero-order chi connectivity index (χ0) is 15.2. The van der Waals surface area contributed by atoms with Gasteiger partial charge in [0.1, 0.15) is 5.69 Å². The van der Waals surface area contributed by atoms with E-state index in [1.165, 1.54) is 22.4 Å². The van der Waals surface area contributed by atoms with Crippen LogP contribution in [0.4, 0.5) is 0 Å². The lowest BCUT2D eigenvalue weighted by Gasteiger charge is -2.14. The van der Waals surface area contributed by atoms with Crippen molar-refractivity contribution in [3.05, 3.63) is 44.3 Å². The standard InChI is InChI=1S/C14H15N3O3S/c1-17(13(19)12-7-15-14(20)16-12)8-11-6-10(9-21-11)4-2-3-5-18/h6-7,9,18H,3,5,8H2,1H3,(H2,15,16,20). The fourth-order valence-corrected chi connectivity index (χ4v) is 2.58. The molecule has 110 valence electrons. The van der Waals surface area contributed by atoms with Crippen molar-refractivity contribution >= 4 is 17.2 Å². The quantitative estimate of drug-likeness (QED) is 0.729. The highest BCUT2D eigenvalue weighted by Crippen LogP contribution is 2.16. The van der Waals surface area contributed by atoms with Crippen LogP contribution >= 0.6 is 11.3 Å². The number of H-pyrrole nitrogens is 2. The van der Waals surface area contributed by atoms with Gasteiger partial charge in [-0.25, -0.2) is 4.79 Å². The smallest absolute Gasteiger partial charge is 0.323 e. The first kappa shape index (κ1) is 15.1. The molecule has 2 aromatic heterocycles. The number of amides is 1. The van der Waals surface area contributed by atoms with Gasteiger partial charge in [0, 0.05) is 35.5 Å². The average Bonchev–Trinajstić information content (AvgIpc) is 3.07. The number of nitrogens with one attached hydrogen (secondary N) is 2. The molecule has 6 nitrogen and oxygen atoms in total. The Balaban J connectivity index is 2.00. The van der Waals surface area contributed by atoms with E-state index in [0.717, 1.165) is 10.4 Å². The average molecular weight is 305 g/mol. The number of aliphatic hydroxyl groups is 1. The highest BCUT2D eigenvalue weighted by atomic mass is 32.1. The minimum absolute atomic E-state index is 0.0517. The van der Waals surface area contributed by atoms with E-state index in [0.29, 0.717) is 13.0 Å². The van der Waals surface area contributed by atoms with E-state index >= 15 is 0 Å². The molecule has 21 heavy (non-hydrogen) atoms. The van der Waals surface area contributed by atoms with Gasteiger partial charge in [0.05, 0.1) is 13.2 Å². The predicted molar refractivity (Wildman–Crippen MR) is 80.1 cm³/mol. The number of aliphatic hydroxyl groups excluding tert-OH is 1. The molecular weight excluding hydrogens is 290 g/mol. The Morgan fingerprint density at radius 2 is 2.33 bits per heavy atom. The van der Waals surface area contributed by atoms with Crippen LogP contribution in [0.25, 0.3) is 0 Å². The van der Waals surface area contributed by atoms with Crippen LogP contribution in [0.1, 0.15) is 27.3 Å². The summed E-state index contributed by atoms with van der Waals surface area (Å²) in [5.74, 6) is 5.54. The number of carbonyl (C=O) groups is 1. The summed E-state index contributed by atoms with van der Waals surface area (Å²) in [6.45, 7) is 0.495. The summed E-state index contributed by atoms with van der Waals surface area (Å²) in [6.07, 6.45) is 1.81. The third-order valence-corrected chi connectivity index (χ3v) is 3.61. The molecule has 1 amide bonds. The molecular formula is C14H15N3O3S. The van der Waals surface area contributed by atoms with Crippen LogP contribution in [0, 0.1) is 11.8 Å². The van der Waals surface area contributed by atoms with Crippen molar-refractivity contribution < 1.29 is 9.90 Å². The van der Waals surface area contributed by atoms with Gasteiger partial charge in [-0.05, 0) is 6.07 Å². The minimum Gasteiger partial charge on any atom is -0.395 e. The Morgan fingerprint density at radius 3 is 3.00 bits per heavy atom. The molecule has 2 aromatic rings. The summed E-state index contributed by atoms with van der Waals surface area (Å²) < 4.78 is 0. The fraction of sp³-hybridized carbons (Fsp3) is 0.286. The molecule has 0 spiro atoms. The molecule has 0 saturated carbocycles. The number of aromatic amines is 2. The molecule has 0 aliphatic rings. The molecule has 0 saturated heterocycles. The van der Waals surface area contributed by atoms with Crippen molar-refractivity contribution in [3.63, 3.8) is 0 Å². The maximum absolute atomic E-state index is 12.1. The molecule has 0 aliphatic heterocycles. The van der Waals surface area contributed by atoms with E-state index in [-0.39, 0.29) is 18.2 Å². The summed E-state index contributed by atoms with van der Waals surface area (Å²) in [7, 11) is 1.67. The third-order valence-electron chi connectivity index (χ3n) is 2.69. The first-order chi connectivity index (χ1) is 10.1. The second-order valence-corrected chi connectivity index (χ2v) is 5.39. The monoisotopic (exact) mass is 305 g/mol. The summed E-state index contributed by atoms with van der Waals surface area (Å²) >= 11 is 1.52. The molecule has 2 rings (SSSR count). The van der Waals surface area contributed by atoms with Gasteiger partial charge in [0.15, 0.2) is 0 Å². The Hall–Kier alpha value is -2.30. The van der Waals surface area contributed by atoms with Gasteiger partial charge in [-0.3, -0.25) is 4.79 Å². The van der Waals surface area contributed by atoms with E-state index in [1.807, 2.05) is 11.4 Å². The van der Waals surface area contributed by atoms with Crippen LogP contribution in [0.5, 0.6) is 0 Å². The molecule has 0 bridgehead atoms. The first-order valence-corrected chi connectivity index (χ1v) is 7.18. The Kier molecular flexibility index (Phi) is 4.98. The molecule has 0 aromatic carbocycles. The Bertz CT molecular complexity index is 732. The van der Waals surface area contributed by atoms with Gasteiger partial charge in [-0.1, -0.05) is 11.8 Å².